The summed E-state index contributed by atoms with van der Waals surface area (Å²) >= 11 is 0. The molecule has 0 aromatic heterocycles. The fraction of sp³-hybridized carbons (Fsp3) is 0.273. The fourth-order valence-electron chi connectivity index (χ4n) is 0.994. The Morgan fingerprint density at radius 2 is 2.29 bits per heavy atom. The summed E-state index contributed by atoms with van der Waals surface area (Å²) in [6, 6.07) is 4.42. The number of allylic oxidation sites excluding steroid dienone is 1. The third-order valence-corrected chi connectivity index (χ3v) is 1.75. The van der Waals surface area contributed by atoms with E-state index in [0.29, 0.717) is 12.2 Å². The van der Waals surface area contributed by atoms with Crippen molar-refractivity contribution in [3.8, 4) is 5.75 Å². The van der Waals surface area contributed by atoms with Gasteiger partial charge in [0.05, 0.1) is 6.61 Å². The maximum absolute atomic E-state index is 13.2. The Morgan fingerprint density at radius 1 is 1.50 bits per heavy atom. The van der Waals surface area contributed by atoms with Crippen molar-refractivity contribution in [1.29, 1.82) is 0 Å². The molecule has 0 saturated heterocycles. The summed E-state index contributed by atoms with van der Waals surface area (Å²) in [5.74, 6) is -0.235. The molecule has 0 fully saturated rings. The van der Waals surface area contributed by atoms with Gasteiger partial charge in [0.1, 0.15) is 6.61 Å². The quantitative estimate of drug-likeness (QED) is 0.748. The van der Waals surface area contributed by atoms with Gasteiger partial charge in [-0.05, 0) is 24.6 Å². The van der Waals surface area contributed by atoms with Crippen LogP contribution >= 0.6 is 0 Å². The van der Waals surface area contributed by atoms with Crippen LogP contribution in [0.4, 0.5) is 4.39 Å². The first kappa shape index (κ1) is 10.7. The molecule has 0 amide bonds. The van der Waals surface area contributed by atoms with Gasteiger partial charge < -0.3 is 9.84 Å². The van der Waals surface area contributed by atoms with Gasteiger partial charge in [-0.2, -0.15) is 0 Å². The molecule has 3 heteroatoms. The number of halogens is 1. The Hall–Kier alpha value is -1.35. The van der Waals surface area contributed by atoms with E-state index in [0.717, 1.165) is 0 Å². The van der Waals surface area contributed by atoms with Crippen LogP contribution in [-0.4, -0.2) is 11.7 Å². The number of aliphatic hydroxyl groups excluding tert-OH is 1. The van der Waals surface area contributed by atoms with Crippen LogP contribution in [0.25, 0.3) is 0 Å². The molecule has 1 aromatic rings. The average molecular weight is 196 g/mol. The largest absolute Gasteiger partial charge is 0.486 e. The Kier molecular flexibility index (Phi) is 4.13. The molecular weight excluding hydrogens is 183 g/mol. The standard InChI is InChI=1S/C11H13FO2/c1-2-3-6-14-11-5-4-9(8-13)7-10(11)12/h2-5,7,13H,6,8H2,1H3/b3-2+. The van der Waals surface area contributed by atoms with Gasteiger partial charge in [0.15, 0.2) is 11.6 Å². The van der Waals surface area contributed by atoms with Crippen LogP contribution in [0.15, 0.2) is 30.4 Å². The maximum atomic E-state index is 13.2. The summed E-state index contributed by atoms with van der Waals surface area (Å²) in [6.45, 7) is 2.06. The van der Waals surface area contributed by atoms with E-state index in [9.17, 15) is 4.39 Å². The lowest BCUT2D eigenvalue weighted by Crippen LogP contribution is -1.96. The second-order valence-corrected chi connectivity index (χ2v) is 2.80. The molecule has 0 heterocycles. The number of ether oxygens (including phenoxy) is 1. The van der Waals surface area contributed by atoms with Crippen LogP contribution in [0.5, 0.6) is 5.75 Å². The van der Waals surface area contributed by atoms with Gasteiger partial charge in [0, 0.05) is 0 Å². The molecule has 0 aliphatic heterocycles. The molecule has 0 bridgehead atoms. The topological polar surface area (TPSA) is 29.5 Å². The normalized spacial score (nSPS) is 10.8. The first-order valence-electron chi connectivity index (χ1n) is 4.41. The molecular formula is C11H13FO2. The summed E-state index contributed by atoms with van der Waals surface area (Å²) in [6.07, 6.45) is 3.62. The molecule has 1 N–H and O–H groups in total. The third kappa shape index (κ3) is 2.85. The molecule has 1 rings (SSSR count). The van der Waals surface area contributed by atoms with Gasteiger partial charge >= 0.3 is 0 Å². The summed E-state index contributed by atoms with van der Waals surface area (Å²) < 4.78 is 18.3. The molecule has 0 atom stereocenters. The first-order valence-corrected chi connectivity index (χ1v) is 4.41. The van der Waals surface area contributed by atoms with E-state index < -0.39 is 5.82 Å². The van der Waals surface area contributed by atoms with Crippen LogP contribution in [0.1, 0.15) is 12.5 Å². The monoisotopic (exact) mass is 196 g/mol. The smallest absolute Gasteiger partial charge is 0.165 e. The fourth-order valence-corrected chi connectivity index (χ4v) is 0.994. The van der Waals surface area contributed by atoms with Crippen molar-refractivity contribution in [1.82, 2.24) is 0 Å². The highest BCUT2D eigenvalue weighted by Crippen LogP contribution is 2.18. The Bertz CT molecular complexity index is 321. The zero-order valence-electron chi connectivity index (χ0n) is 8.03. The predicted octanol–water partition coefficient (Wildman–Crippen LogP) is 2.27. The van der Waals surface area contributed by atoms with Crippen LogP contribution in [0.2, 0.25) is 0 Å². The predicted molar refractivity (Wildman–Crippen MR) is 52.6 cm³/mol. The van der Waals surface area contributed by atoms with Crippen LogP contribution in [0, 0.1) is 5.82 Å². The zero-order valence-corrected chi connectivity index (χ0v) is 8.03. The summed E-state index contributed by atoms with van der Waals surface area (Å²) in [4.78, 5) is 0. The minimum atomic E-state index is -0.443. The van der Waals surface area contributed by atoms with Crippen molar-refractivity contribution >= 4 is 0 Å². The molecule has 0 radical (unpaired) electrons. The summed E-state index contributed by atoms with van der Waals surface area (Å²) in [7, 11) is 0. The van der Waals surface area contributed by atoms with Gasteiger partial charge in [-0.25, -0.2) is 4.39 Å². The number of hydrogen-bond acceptors (Lipinski definition) is 2. The molecule has 0 aliphatic carbocycles. The molecule has 0 unspecified atom stereocenters. The van der Waals surface area contributed by atoms with Crippen molar-refractivity contribution in [2.24, 2.45) is 0 Å². The zero-order chi connectivity index (χ0) is 10.4. The second-order valence-electron chi connectivity index (χ2n) is 2.80. The van der Waals surface area contributed by atoms with E-state index in [2.05, 4.69) is 0 Å². The number of hydrogen-bond donors (Lipinski definition) is 1. The lowest BCUT2D eigenvalue weighted by atomic mass is 10.2. The summed E-state index contributed by atoms with van der Waals surface area (Å²) in [5, 5.41) is 8.75. The SMILES string of the molecule is C/C=C/COc1ccc(CO)cc1F. The molecule has 0 aliphatic rings. The molecule has 14 heavy (non-hydrogen) atoms. The van der Waals surface area contributed by atoms with Crippen LogP contribution in [0.3, 0.4) is 0 Å². The van der Waals surface area contributed by atoms with E-state index in [1.165, 1.54) is 12.1 Å². The van der Waals surface area contributed by atoms with E-state index in [1.807, 2.05) is 13.0 Å². The number of rotatable bonds is 4. The van der Waals surface area contributed by atoms with E-state index in [-0.39, 0.29) is 12.4 Å². The minimum Gasteiger partial charge on any atom is -0.486 e. The summed E-state index contributed by atoms with van der Waals surface area (Å²) in [5.41, 5.74) is 0.542. The lowest BCUT2D eigenvalue weighted by molar-refractivity contribution is 0.280. The van der Waals surface area contributed by atoms with E-state index in [1.54, 1.807) is 12.1 Å². The van der Waals surface area contributed by atoms with Crippen molar-refractivity contribution in [2.75, 3.05) is 6.61 Å². The van der Waals surface area contributed by atoms with E-state index >= 15 is 0 Å². The minimum absolute atomic E-state index is 0.161. The van der Waals surface area contributed by atoms with E-state index in [4.69, 9.17) is 9.84 Å². The van der Waals surface area contributed by atoms with Gasteiger partial charge in [-0.15, -0.1) is 0 Å². The highest BCUT2D eigenvalue weighted by atomic mass is 19.1. The van der Waals surface area contributed by atoms with Crippen molar-refractivity contribution in [3.63, 3.8) is 0 Å². The van der Waals surface area contributed by atoms with Crippen molar-refractivity contribution in [2.45, 2.75) is 13.5 Å². The Morgan fingerprint density at radius 3 is 2.86 bits per heavy atom. The third-order valence-electron chi connectivity index (χ3n) is 1.75. The van der Waals surface area contributed by atoms with Gasteiger partial charge in [0.2, 0.25) is 0 Å². The number of benzene rings is 1. The Balaban J connectivity index is 2.68. The molecule has 0 saturated carbocycles. The van der Waals surface area contributed by atoms with Crippen molar-refractivity contribution < 1.29 is 14.2 Å². The molecule has 1 aromatic carbocycles. The van der Waals surface area contributed by atoms with Crippen LogP contribution in [-0.2, 0) is 6.61 Å². The maximum Gasteiger partial charge on any atom is 0.165 e. The van der Waals surface area contributed by atoms with Crippen molar-refractivity contribution in [3.05, 3.63) is 41.7 Å². The van der Waals surface area contributed by atoms with Gasteiger partial charge in [-0.3, -0.25) is 0 Å². The lowest BCUT2D eigenvalue weighted by Gasteiger charge is -2.05. The highest BCUT2D eigenvalue weighted by molar-refractivity contribution is 5.29. The molecule has 76 valence electrons. The molecule has 0 spiro atoms. The first-order chi connectivity index (χ1) is 6.77. The van der Waals surface area contributed by atoms with Crippen LogP contribution < -0.4 is 4.74 Å². The average Bonchev–Trinajstić information content (AvgIpc) is 2.20. The Labute approximate surface area is 82.6 Å². The second kappa shape index (κ2) is 5.40. The van der Waals surface area contributed by atoms with Gasteiger partial charge in [-0.1, -0.05) is 18.2 Å². The number of aliphatic hydroxyl groups is 1. The van der Waals surface area contributed by atoms with Gasteiger partial charge in [0.25, 0.3) is 0 Å². The molecule has 2 nitrogen and oxygen atoms in total. The highest BCUT2D eigenvalue weighted by Gasteiger charge is 2.02.